The minimum Gasteiger partial charge on any atom is -0.350 e. The van der Waals surface area contributed by atoms with Crippen LogP contribution in [0.5, 0.6) is 0 Å². The van der Waals surface area contributed by atoms with E-state index >= 15 is 0 Å². The molecule has 0 saturated carbocycles. The molecule has 0 aliphatic rings. The fourth-order valence-corrected chi connectivity index (χ4v) is 4.87. The van der Waals surface area contributed by atoms with Crippen molar-refractivity contribution in [2.45, 2.75) is 29.8 Å². The van der Waals surface area contributed by atoms with E-state index in [1.165, 1.54) is 17.7 Å². The summed E-state index contributed by atoms with van der Waals surface area (Å²) < 4.78 is 40.8. The van der Waals surface area contributed by atoms with Crippen LogP contribution in [0, 0.1) is 0 Å². The molecule has 33 heavy (non-hydrogen) atoms. The van der Waals surface area contributed by atoms with E-state index in [0.717, 1.165) is 27.9 Å². The molecule has 7 heteroatoms. The van der Waals surface area contributed by atoms with Crippen molar-refractivity contribution in [2.75, 3.05) is 6.54 Å². The number of rotatable bonds is 7. The van der Waals surface area contributed by atoms with Gasteiger partial charge in [0.05, 0.1) is 5.56 Å². The number of aromatic nitrogens is 1. The Hall–Kier alpha value is -3.19. The number of nitrogens with zero attached hydrogens (tertiary/aromatic N) is 1. The Bertz CT molecular complexity index is 1250. The summed E-state index contributed by atoms with van der Waals surface area (Å²) in [6, 6.07) is 22.8. The van der Waals surface area contributed by atoms with Crippen molar-refractivity contribution in [3.05, 3.63) is 102 Å². The van der Waals surface area contributed by atoms with Crippen LogP contribution in [0.2, 0.25) is 0 Å². The summed E-state index contributed by atoms with van der Waals surface area (Å²) in [7, 11) is 0. The largest absolute Gasteiger partial charge is 0.416 e. The Morgan fingerprint density at radius 2 is 1.73 bits per heavy atom. The van der Waals surface area contributed by atoms with Crippen LogP contribution >= 0.6 is 11.8 Å². The fraction of sp³-hybridized carbons (Fsp3) is 0.192. The van der Waals surface area contributed by atoms with Crippen LogP contribution in [0.1, 0.15) is 33.7 Å². The standard InChI is InChI=1S/C26H23F3N2OS/c1-18(19-8-3-2-4-9-19)33-24-17-31(23-13-6-5-12-22(23)24)15-14-30-25(32)20-10-7-11-21(16-20)26(27,28)29/h2-13,16-18H,14-15H2,1H3,(H,30,32). The normalized spacial score (nSPS) is 12.6. The van der Waals surface area contributed by atoms with Gasteiger partial charge >= 0.3 is 6.18 Å². The number of alkyl halides is 3. The summed E-state index contributed by atoms with van der Waals surface area (Å²) >= 11 is 1.77. The first-order valence-corrected chi connectivity index (χ1v) is 11.5. The third kappa shape index (κ3) is 5.42. The van der Waals surface area contributed by atoms with Gasteiger partial charge < -0.3 is 9.88 Å². The molecular weight excluding hydrogens is 445 g/mol. The van der Waals surface area contributed by atoms with E-state index in [2.05, 4.69) is 41.2 Å². The number of hydrogen-bond acceptors (Lipinski definition) is 2. The summed E-state index contributed by atoms with van der Waals surface area (Å²) in [6.45, 7) is 2.97. The van der Waals surface area contributed by atoms with E-state index in [1.54, 1.807) is 11.8 Å². The highest BCUT2D eigenvalue weighted by atomic mass is 32.2. The number of carbonyl (C=O) groups excluding carboxylic acids is 1. The van der Waals surface area contributed by atoms with Crippen LogP contribution in [0.4, 0.5) is 13.2 Å². The number of fused-ring (bicyclic) bond motifs is 1. The van der Waals surface area contributed by atoms with Gasteiger partial charge in [-0.05, 0) is 36.8 Å². The maximum atomic E-state index is 12.9. The summed E-state index contributed by atoms with van der Waals surface area (Å²) in [5.74, 6) is -0.523. The zero-order chi connectivity index (χ0) is 23.4. The third-order valence-corrected chi connectivity index (χ3v) is 6.62. The lowest BCUT2D eigenvalue weighted by Crippen LogP contribution is -2.27. The number of hydrogen-bond donors (Lipinski definition) is 1. The van der Waals surface area contributed by atoms with E-state index in [0.29, 0.717) is 13.1 Å². The molecule has 1 atom stereocenters. The number of nitrogens with one attached hydrogen (secondary N) is 1. The van der Waals surface area contributed by atoms with Gasteiger partial charge in [0, 0.05) is 45.9 Å². The first kappa shape index (κ1) is 23.0. The molecule has 0 radical (unpaired) electrons. The molecular formula is C26H23F3N2OS. The molecule has 1 heterocycles. The maximum Gasteiger partial charge on any atom is 0.416 e. The first-order chi connectivity index (χ1) is 15.8. The highest BCUT2D eigenvalue weighted by Crippen LogP contribution is 2.39. The molecule has 4 rings (SSSR count). The van der Waals surface area contributed by atoms with Crippen LogP contribution in [-0.2, 0) is 12.7 Å². The molecule has 0 fully saturated rings. The zero-order valence-corrected chi connectivity index (χ0v) is 18.8. The van der Waals surface area contributed by atoms with Gasteiger partial charge in [-0.1, -0.05) is 54.6 Å². The van der Waals surface area contributed by atoms with E-state index in [9.17, 15) is 18.0 Å². The van der Waals surface area contributed by atoms with Crippen LogP contribution < -0.4 is 5.32 Å². The van der Waals surface area contributed by atoms with Gasteiger partial charge in [0.1, 0.15) is 0 Å². The fourth-order valence-electron chi connectivity index (χ4n) is 3.70. The van der Waals surface area contributed by atoms with Crippen molar-refractivity contribution in [3.8, 4) is 0 Å². The zero-order valence-electron chi connectivity index (χ0n) is 18.0. The molecule has 0 spiro atoms. The molecule has 1 unspecified atom stereocenters. The van der Waals surface area contributed by atoms with Crippen molar-refractivity contribution in [3.63, 3.8) is 0 Å². The van der Waals surface area contributed by atoms with Gasteiger partial charge in [-0.3, -0.25) is 4.79 Å². The van der Waals surface area contributed by atoms with Crippen molar-refractivity contribution in [2.24, 2.45) is 0 Å². The van der Waals surface area contributed by atoms with Crippen LogP contribution in [0.15, 0.2) is 90.0 Å². The Balaban J connectivity index is 1.46. The molecule has 1 aromatic heterocycles. The number of para-hydroxylation sites is 1. The van der Waals surface area contributed by atoms with Gasteiger partial charge in [-0.2, -0.15) is 13.2 Å². The lowest BCUT2D eigenvalue weighted by atomic mass is 10.1. The number of halogens is 3. The molecule has 170 valence electrons. The Morgan fingerprint density at radius 3 is 2.48 bits per heavy atom. The second-order valence-corrected chi connectivity index (χ2v) is 9.09. The van der Waals surface area contributed by atoms with Gasteiger partial charge in [-0.25, -0.2) is 0 Å². The summed E-state index contributed by atoms with van der Waals surface area (Å²) in [4.78, 5) is 13.5. The topological polar surface area (TPSA) is 34.0 Å². The predicted molar refractivity (Wildman–Crippen MR) is 126 cm³/mol. The Kier molecular flexibility index (Phi) is 6.79. The van der Waals surface area contributed by atoms with Gasteiger partial charge in [0.15, 0.2) is 0 Å². The minimum absolute atomic E-state index is 0.00452. The van der Waals surface area contributed by atoms with Crippen LogP contribution in [-0.4, -0.2) is 17.0 Å². The molecule has 1 N–H and O–H groups in total. The molecule has 1 amide bonds. The molecule has 3 nitrogen and oxygen atoms in total. The summed E-state index contributed by atoms with van der Waals surface area (Å²) in [5.41, 5.74) is 1.46. The number of thioether (sulfide) groups is 1. The van der Waals surface area contributed by atoms with E-state index in [4.69, 9.17) is 0 Å². The van der Waals surface area contributed by atoms with E-state index < -0.39 is 17.6 Å². The van der Waals surface area contributed by atoms with Gasteiger partial charge in [0.25, 0.3) is 5.91 Å². The third-order valence-electron chi connectivity index (χ3n) is 5.42. The second-order valence-electron chi connectivity index (χ2n) is 7.71. The monoisotopic (exact) mass is 468 g/mol. The van der Waals surface area contributed by atoms with Crippen molar-refractivity contribution < 1.29 is 18.0 Å². The average Bonchev–Trinajstić information content (AvgIpc) is 3.16. The first-order valence-electron chi connectivity index (χ1n) is 10.6. The van der Waals surface area contributed by atoms with Crippen molar-refractivity contribution in [1.29, 1.82) is 0 Å². The number of amides is 1. The molecule has 0 aliphatic carbocycles. The molecule has 0 aliphatic heterocycles. The number of carbonyl (C=O) groups is 1. The van der Waals surface area contributed by atoms with Crippen LogP contribution in [0.25, 0.3) is 10.9 Å². The van der Waals surface area contributed by atoms with Gasteiger partial charge in [0.2, 0.25) is 0 Å². The summed E-state index contributed by atoms with van der Waals surface area (Å²) in [5, 5.41) is 4.14. The Morgan fingerprint density at radius 1 is 1.00 bits per heavy atom. The van der Waals surface area contributed by atoms with Crippen molar-refractivity contribution >= 4 is 28.6 Å². The van der Waals surface area contributed by atoms with Crippen molar-refractivity contribution in [1.82, 2.24) is 9.88 Å². The second kappa shape index (κ2) is 9.75. The SMILES string of the molecule is CC(Sc1cn(CCNC(=O)c2cccc(C(F)(F)F)c2)c2ccccc12)c1ccccc1. The summed E-state index contributed by atoms with van der Waals surface area (Å²) in [6.07, 6.45) is -2.41. The quantitative estimate of drug-likeness (QED) is 0.298. The molecule has 0 bridgehead atoms. The highest BCUT2D eigenvalue weighted by Gasteiger charge is 2.30. The van der Waals surface area contributed by atoms with Crippen LogP contribution in [0.3, 0.4) is 0 Å². The lowest BCUT2D eigenvalue weighted by molar-refractivity contribution is -0.137. The predicted octanol–water partition coefficient (Wildman–Crippen LogP) is 6.94. The maximum absolute atomic E-state index is 12.9. The highest BCUT2D eigenvalue weighted by molar-refractivity contribution is 7.99. The molecule has 4 aromatic rings. The average molecular weight is 469 g/mol. The van der Waals surface area contributed by atoms with E-state index in [-0.39, 0.29) is 10.8 Å². The Labute approximate surface area is 194 Å². The molecule has 3 aromatic carbocycles. The lowest BCUT2D eigenvalue weighted by Gasteiger charge is -2.11. The minimum atomic E-state index is -4.48. The smallest absolute Gasteiger partial charge is 0.350 e. The van der Waals surface area contributed by atoms with E-state index in [1.807, 2.05) is 36.4 Å². The van der Waals surface area contributed by atoms with Gasteiger partial charge in [-0.15, -0.1) is 11.8 Å². The molecule has 0 saturated heterocycles. The number of benzene rings is 3.